The third-order valence-electron chi connectivity index (χ3n) is 4.93. The van der Waals surface area contributed by atoms with Crippen LogP contribution in [0.3, 0.4) is 0 Å². The summed E-state index contributed by atoms with van der Waals surface area (Å²) in [5.41, 5.74) is 1.07. The highest BCUT2D eigenvalue weighted by Crippen LogP contribution is 2.27. The highest BCUT2D eigenvalue weighted by atomic mass is 16.5. The van der Waals surface area contributed by atoms with Crippen molar-refractivity contribution in [1.29, 1.82) is 0 Å². The van der Waals surface area contributed by atoms with Gasteiger partial charge in [-0.25, -0.2) is 0 Å². The van der Waals surface area contributed by atoms with E-state index in [4.69, 9.17) is 9.47 Å². The Morgan fingerprint density at radius 1 is 1.15 bits per heavy atom. The van der Waals surface area contributed by atoms with Gasteiger partial charge in [-0.2, -0.15) is 0 Å². The quantitative estimate of drug-likeness (QED) is 0.733. The van der Waals surface area contributed by atoms with E-state index in [1.54, 1.807) is 21.1 Å². The number of carbonyl (C=O) groups excluding carboxylic acids is 2. The molecule has 1 aliphatic rings. The standard InChI is InChI=1S/C20H30N2O4/c1-15(23)22(17-6-4-5-7-17)13-11-20(24)21-12-10-16-8-9-18(25-2)19(14-16)26-3/h8-9,14,17H,4-7,10-13H2,1-3H3,(H,21,24). The van der Waals surface area contributed by atoms with Gasteiger partial charge in [-0.15, -0.1) is 0 Å². The minimum atomic E-state index is -0.0188. The monoisotopic (exact) mass is 362 g/mol. The Hall–Kier alpha value is -2.24. The van der Waals surface area contributed by atoms with Crippen molar-refractivity contribution in [2.75, 3.05) is 27.3 Å². The lowest BCUT2D eigenvalue weighted by atomic mass is 10.1. The van der Waals surface area contributed by atoms with Crippen molar-refractivity contribution in [1.82, 2.24) is 10.2 Å². The SMILES string of the molecule is COc1ccc(CCNC(=O)CCN(C(C)=O)C2CCCC2)cc1OC. The van der Waals surface area contributed by atoms with Crippen LogP contribution in [0.5, 0.6) is 11.5 Å². The summed E-state index contributed by atoms with van der Waals surface area (Å²) in [6.07, 6.45) is 5.52. The highest BCUT2D eigenvalue weighted by Gasteiger charge is 2.24. The van der Waals surface area contributed by atoms with Crippen LogP contribution in [0.1, 0.15) is 44.6 Å². The topological polar surface area (TPSA) is 67.9 Å². The first-order valence-corrected chi connectivity index (χ1v) is 9.30. The molecule has 0 atom stereocenters. The van der Waals surface area contributed by atoms with Gasteiger partial charge in [0.25, 0.3) is 0 Å². The maximum atomic E-state index is 12.1. The molecule has 144 valence electrons. The fraction of sp³-hybridized carbons (Fsp3) is 0.600. The van der Waals surface area contributed by atoms with Gasteiger partial charge in [-0.3, -0.25) is 9.59 Å². The number of nitrogens with one attached hydrogen (secondary N) is 1. The highest BCUT2D eigenvalue weighted by molar-refractivity contribution is 5.78. The van der Waals surface area contributed by atoms with E-state index in [2.05, 4.69) is 5.32 Å². The molecule has 0 aromatic heterocycles. The number of hydrogen-bond acceptors (Lipinski definition) is 4. The lowest BCUT2D eigenvalue weighted by molar-refractivity contribution is -0.131. The molecule has 0 spiro atoms. The van der Waals surface area contributed by atoms with Crippen LogP contribution in [-0.2, 0) is 16.0 Å². The Balaban J connectivity index is 1.75. The molecule has 1 aliphatic carbocycles. The molecule has 0 radical (unpaired) electrons. The first kappa shape index (κ1) is 20.1. The van der Waals surface area contributed by atoms with E-state index in [1.165, 1.54) is 12.8 Å². The summed E-state index contributed by atoms with van der Waals surface area (Å²) in [5.74, 6) is 1.42. The molecule has 1 saturated carbocycles. The third kappa shape index (κ3) is 5.64. The molecule has 1 N–H and O–H groups in total. The second kappa shape index (κ2) is 10.0. The number of rotatable bonds is 9. The Morgan fingerprint density at radius 3 is 2.46 bits per heavy atom. The Bertz CT molecular complexity index is 612. The Labute approximate surface area is 155 Å². The Morgan fingerprint density at radius 2 is 1.85 bits per heavy atom. The van der Waals surface area contributed by atoms with Gasteiger partial charge in [0.15, 0.2) is 11.5 Å². The zero-order chi connectivity index (χ0) is 18.9. The van der Waals surface area contributed by atoms with Crippen molar-refractivity contribution in [3.63, 3.8) is 0 Å². The van der Waals surface area contributed by atoms with Crippen molar-refractivity contribution in [3.05, 3.63) is 23.8 Å². The van der Waals surface area contributed by atoms with Gasteiger partial charge in [-0.1, -0.05) is 18.9 Å². The number of methoxy groups -OCH3 is 2. The van der Waals surface area contributed by atoms with Crippen molar-refractivity contribution in [2.45, 2.75) is 51.5 Å². The predicted octanol–water partition coefficient (Wildman–Crippen LogP) is 2.54. The Kier molecular flexibility index (Phi) is 7.75. The maximum Gasteiger partial charge on any atom is 0.221 e. The molecule has 6 nitrogen and oxygen atoms in total. The van der Waals surface area contributed by atoms with E-state index in [-0.39, 0.29) is 11.8 Å². The molecule has 6 heteroatoms. The molecule has 0 unspecified atom stereocenters. The average molecular weight is 362 g/mol. The van der Waals surface area contributed by atoms with Gasteiger partial charge in [0.05, 0.1) is 14.2 Å². The molecule has 1 aromatic rings. The molecule has 2 amide bonds. The van der Waals surface area contributed by atoms with Gasteiger partial charge < -0.3 is 19.7 Å². The predicted molar refractivity (Wildman–Crippen MR) is 101 cm³/mol. The summed E-state index contributed by atoms with van der Waals surface area (Å²) in [6.45, 7) is 2.65. The van der Waals surface area contributed by atoms with Gasteiger partial charge in [0.1, 0.15) is 0 Å². The van der Waals surface area contributed by atoms with Gasteiger partial charge in [-0.05, 0) is 37.0 Å². The molecule has 1 fully saturated rings. The molecule has 0 aliphatic heterocycles. The summed E-state index contributed by atoms with van der Waals surface area (Å²) >= 11 is 0. The minimum absolute atomic E-state index is 0.0188. The van der Waals surface area contributed by atoms with Crippen LogP contribution in [-0.4, -0.2) is 50.1 Å². The molecule has 2 rings (SSSR count). The van der Waals surface area contributed by atoms with Crippen LogP contribution >= 0.6 is 0 Å². The molecule has 0 heterocycles. The summed E-state index contributed by atoms with van der Waals surface area (Å²) in [4.78, 5) is 25.8. The second-order valence-electron chi connectivity index (χ2n) is 6.69. The zero-order valence-electron chi connectivity index (χ0n) is 16.0. The number of carbonyl (C=O) groups is 2. The summed E-state index contributed by atoms with van der Waals surface area (Å²) in [5, 5.41) is 2.93. The van der Waals surface area contributed by atoms with Crippen LogP contribution < -0.4 is 14.8 Å². The summed E-state index contributed by atoms with van der Waals surface area (Å²) < 4.78 is 10.5. The van der Waals surface area contributed by atoms with E-state index in [9.17, 15) is 9.59 Å². The minimum Gasteiger partial charge on any atom is -0.493 e. The lowest BCUT2D eigenvalue weighted by Crippen LogP contribution is -2.40. The number of ether oxygens (including phenoxy) is 2. The van der Waals surface area contributed by atoms with Crippen molar-refractivity contribution in [2.24, 2.45) is 0 Å². The molecule has 1 aromatic carbocycles. The number of hydrogen-bond donors (Lipinski definition) is 1. The number of amides is 2. The van der Waals surface area contributed by atoms with Crippen LogP contribution in [0, 0.1) is 0 Å². The fourth-order valence-electron chi connectivity index (χ4n) is 3.51. The third-order valence-corrected chi connectivity index (χ3v) is 4.93. The van der Waals surface area contributed by atoms with Crippen LogP contribution in [0.2, 0.25) is 0 Å². The second-order valence-corrected chi connectivity index (χ2v) is 6.69. The van der Waals surface area contributed by atoms with Gasteiger partial charge in [0.2, 0.25) is 11.8 Å². The van der Waals surface area contributed by atoms with E-state index in [0.717, 1.165) is 18.4 Å². The van der Waals surface area contributed by atoms with Crippen molar-refractivity contribution >= 4 is 11.8 Å². The summed E-state index contributed by atoms with van der Waals surface area (Å²) in [6, 6.07) is 6.06. The first-order valence-electron chi connectivity index (χ1n) is 9.30. The largest absolute Gasteiger partial charge is 0.493 e. The lowest BCUT2D eigenvalue weighted by Gasteiger charge is -2.27. The van der Waals surface area contributed by atoms with Crippen LogP contribution in [0.15, 0.2) is 18.2 Å². The normalized spacial score (nSPS) is 14.1. The summed E-state index contributed by atoms with van der Waals surface area (Å²) in [7, 11) is 3.21. The van der Waals surface area contributed by atoms with Crippen LogP contribution in [0.4, 0.5) is 0 Å². The molecular weight excluding hydrogens is 332 g/mol. The molecule has 0 saturated heterocycles. The first-order chi connectivity index (χ1) is 12.5. The van der Waals surface area contributed by atoms with E-state index >= 15 is 0 Å². The van der Waals surface area contributed by atoms with E-state index in [1.807, 2.05) is 23.1 Å². The zero-order valence-corrected chi connectivity index (χ0v) is 16.0. The number of benzene rings is 1. The van der Waals surface area contributed by atoms with E-state index in [0.29, 0.717) is 43.5 Å². The van der Waals surface area contributed by atoms with Gasteiger partial charge in [0, 0.05) is 32.5 Å². The molecular formula is C20H30N2O4. The number of nitrogens with zero attached hydrogens (tertiary/aromatic N) is 1. The molecule has 0 bridgehead atoms. The molecule has 26 heavy (non-hydrogen) atoms. The van der Waals surface area contributed by atoms with Crippen molar-refractivity contribution < 1.29 is 19.1 Å². The smallest absolute Gasteiger partial charge is 0.221 e. The maximum absolute atomic E-state index is 12.1. The van der Waals surface area contributed by atoms with E-state index < -0.39 is 0 Å². The van der Waals surface area contributed by atoms with Crippen molar-refractivity contribution in [3.8, 4) is 11.5 Å². The van der Waals surface area contributed by atoms with Gasteiger partial charge >= 0.3 is 0 Å². The average Bonchev–Trinajstić information content (AvgIpc) is 3.15. The fourth-order valence-corrected chi connectivity index (χ4v) is 3.51. The van der Waals surface area contributed by atoms with Crippen LogP contribution in [0.25, 0.3) is 0 Å².